The summed E-state index contributed by atoms with van der Waals surface area (Å²) < 4.78 is 0. The van der Waals surface area contributed by atoms with Gasteiger partial charge in [0.25, 0.3) is 5.91 Å². The Balaban J connectivity index is 2.03. The SMILES string of the molecule is CCc1ccc2c(c1)SC1=NC(=O)C(C)(CO)CN12. The van der Waals surface area contributed by atoms with Crippen molar-refractivity contribution in [3.63, 3.8) is 0 Å². The molecule has 3 rings (SSSR count). The molecule has 0 bridgehead atoms. The van der Waals surface area contributed by atoms with E-state index in [2.05, 4.69) is 30.1 Å². The summed E-state index contributed by atoms with van der Waals surface area (Å²) in [4.78, 5) is 19.3. The van der Waals surface area contributed by atoms with Gasteiger partial charge in [0, 0.05) is 11.4 Å². The number of aliphatic hydroxyl groups excluding tert-OH is 1. The van der Waals surface area contributed by atoms with Crippen LogP contribution in [-0.2, 0) is 11.2 Å². The van der Waals surface area contributed by atoms with Gasteiger partial charge in [-0.15, -0.1) is 0 Å². The number of fused-ring (bicyclic) bond motifs is 3. The van der Waals surface area contributed by atoms with Crippen LogP contribution in [0.15, 0.2) is 28.1 Å². The first-order valence-corrected chi connectivity index (χ1v) is 7.21. The van der Waals surface area contributed by atoms with Gasteiger partial charge in [0.1, 0.15) is 0 Å². The molecule has 2 aliphatic rings. The topological polar surface area (TPSA) is 52.9 Å². The first-order chi connectivity index (χ1) is 9.07. The molecule has 5 heteroatoms. The van der Waals surface area contributed by atoms with Crippen molar-refractivity contribution >= 4 is 28.5 Å². The minimum atomic E-state index is -0.797. The summed E-state index contributed by atoms with van der Waals surface area (Å²) in [5, 5.41) is 10.2. The predicted molar refractivity (Wildman–Crippen MR) is 76.7 cm³/mol. The summed E-state index contributed by atoms with van der Waals surface area (Å²) >= 11 is 1.54. The average molecular weight is 276 g/mol. The highest BCUT2D eigenvalue weighted by Gasteiger charge is 2.43. The lowest BCUT2D eigenvalue weighted by Gasteiger charge is -2.34. The molecule has 0 saturated heterocycles. The number of aliphatic hydroxyl groups is 1. The van der Waals surface area contributed by atoms with Gasteiger partial charge in [0.2, 0.25) is 0 Å². The van der Waals surface area contributed by atoms with E-state index in [1.807, 2.05) is 4.90 Å². The highest BCUT2D eigenvalue weighted by molar-refractivity contribution is 8.14. The quantitative estimate of drug-likeness (QED) is 0.898. The van der Waals surface area contributed by atoms with Crippen LogP contribution in [0.2, 0.25) is 0 Å². The molecule has 1 aromatic carbocycles. The molecule has 0 saturated carbocycles. The van der Waals surface area contributed by atoms with E-state index >= 15 is 0 Å². The van der Waals surface area contributed by atoms with Crippen LogP contribution in [0.3, 0.4) is 0 Å². The minimum absolute atomic E-state index is 0.174. The highest BCUT2D eigenvalue weighted by Crippen LogP contribution is 2.44. The Bertz CT molecular complexity index is 585. The third kappa shape index (κ3) is 1.88. The third-order valence-corrected chi connectivity index (χ3v) is 4.77. The molecular weight excluding hydrogens is 260 g/mol. The average Bonchev–Trinajstić information content (AvgIpc) is 2.75. The van der Waals surface area contributed by atoms with Crippen LogP contribution in [0.25, 0.3) is 0 Å². The first-order valence-electron chi connectivity index (χ1n) is 6.40. The van der Waals surface area contributed by atoms with Crippen LogP contribution in [0.5, 0.6) is 0 Å². The Morgan fingerprint density at radius 2 is 2.32 bits per heavy atom. The molecular formula is C14H16N2O2S. The molecule has 1 N–H and O–H groups in total. The Morgan fingerprint density at radius 1 is 1.53 bits per heavy atom. The number of amides is 1. The van der Waals surface area contributed by atoms with E-state index in [9.17, 15) is 9.90 Å². The number of rotatable bonds is 2. The summed E-state index contributed by atoms with van der Waals surface area (Å²) in [5.74, 6) is -0.225. The van der Waals surface area contributed by atoms with E-state index in [0.29, 0.717) is 6.54 Å². The lowest BCUT2D eigenvalue weighted by Crippen LogP contribution is -2.48. The summed E-state index contributed by atoms with van der Waals surface area (Å²) in [6, 6.07) is 6.34. The molecule has 2 aliphatic heterocycles. The second-order valence-corrected chi connectivity index (χ2v) is 6.27. The Morgan fingerprint density at radius 3 is 3.00 bits per heavy atom. The van der Waals surface area contributed by atoms with Gasteiger partial charge in [-0.3, -0.25) is 4.79 Å². The van der Waals surface area contributed by atoms with Crippen LogP contribution in [0, 0.1) is 5.41 Å². The maximum Gasteiger partial charge on any atom is 0.258 e. The van der Waals surface area contributed by atoms with E-state index < -0.39 is 5.41 Å². The maximum absolute atomic E-state index is 12.0. The van der Waals surface area contributed by atoms with E-state index in [0.717, 1.165) is 22.2 Å². The minimum Gasteiger partial charge on any atom is -0.395 e. The van der Waals surface area contributed by atoms with Crippen LogP contribution < -0.4 is 4.90 Å². The molecule has 19 heavy (non-hydrogen) atoms. The van der Waals surface area contributed by atoms with Crippen LogP contribution in [-0.4, -0.2) is 29.3 Å². The molecule has 1 aromatic rings. The maximum atomic E-state index is 12.0. The molecule has 0 aromatic heterocycles. The van der Waals surface area contributed by atoms with Crippen molar-refractivity contribution < 1.29 is 9.90 Å². The van der Waals surface area contributed by atoms with E-state index in [4.69, 9.17) is 0 Å². The molecule has 0 spiro atoms. The Labute approximate surface area is 116 Å². The number of amidine groups is 1. The Hall–Kier alpha value is -1.33. The molecule has 1 unspecified atom stereocenters. The van der Waals surface area contributed by atoms with Crippen molar-refractivity contribution in [2.75, 3.05) is 18.1 Å². The van der Waals surface area contributed by atoms with Crippen LogP contribution in [0.4, 0.5) is 5.69 Å². The van der Waals surface area contributed by atoms with Gasteiger partial charge in [0.05, 0.1) is 17.7 Å². The zero-order chi connectivity index (χ0) is 13.6. The van der Waals surface area contributed by atoms with Gasteiger partial charge in [-0.05, 0) is 42.8 Å². The standard InChI is InChI=1S/C14H16N2O2S/c1-3-9-4-5-10-11(6-9)19-13-15-12(18)14(2,8-17)7-16(10)13/h4-6,17H,3,7-8H2,1-2H3. The molecule has 1 amide bonds. The zero-order valence-corrected chi connectivity index (χ0v) is 11.8. The largest absolute Gasteiger partial charge is 0.395 e. The number of nitrogens with zero attached hydrogens (tertiary/aromatic N) is 2. The van der Waals surface area contributed by atoms with E-state index in [1.165, 1.54) is 17.3 Å². The lowest BCUT2D eigenvalue weighted by molar-refractivity contribution is -0.128. The zero-order valence-electron chi connectivity index (χ0n) is 11.0. The van der Waals surface area contributed by atoms with E-state index in [-0.39, 0.29) is 12.5 Å². The van der Waals surface area contributed by atoms with Gasteiger partial charge in [-0.1, -0.05) is 13.0 Å². The smallest absolute Gasteiger partial charge is 0.258 e. The fourth-order valence-electron chi connectivity index (χ4n) is 2.33. The molecule has 0 radical (unpaired) electrons. The van der Waals surface area contributed by atoms with Crippen molar-refractivity contribution in [1.29, 1.82) is 0 Å². The van der Waals surface area contributed by atoms with Crippen molar-refractivity contribution in [3.8, 4) is 0 Å². The predicted octanol–water partition coefficient (Wildman–Crippen LogP) is 2.06. The van der Waals surface area contributed by atoms with Gasteiger partial charge in [-0.2, -0.15) is 4.99 Å². The fourth-order valence-corrected chi connectivity index (χ4v) is 3.42. The number of hydrogen-bond donors (Lipinski definition) is 1. The third-order valence-electron chi connectivity index (χ3n) is 3.72. The number of anilines is 1. The van der Waals surface area contributed by atoms with Crippen LogP contribution in [0.1, 0.15) is 19.4 Å². The number of hydrogen-bond acceptors (Lipinski definition) is 4. The molecule has 4 nitrogen and oxygen atoms in total. The summed E-state index contributed by atoms with van der Waals surface area (Å²) in [6.45, 7) is 4.20. The van der Waals surface area contributed by atoms with Crippen molar-refractivity contribution in [2.24, 2.45) is 10.4 Å². The lowest BCUT2D eigenvalue weighted by atomic mass is 9.89. The molecule has 1 atom stereocenters. The summed E-state index contributed by atoms with van der Waals surface area (Å²) in [6.07, 6.45) is 0.994. The van der Waals surface area contributed by atoms with Gasteiger partial charge >= 0.3 is 0 Å². The number of carbonyl (C=O) groups is 1. The van der Waals surface area contributed by atoms with Crippen LogP contribution >= 0.6 is 11.8 Å². The second kappa shape index (κ2) is 4.35. The molecule has 0 aliphatic carbocycles. The van der Waals surface area contributed by atoms with E-state index in [1.54, 1.807) is 6.92 Å². The summed E-state index contributed by atoms with van der Waals surface area (Å²) in [5.41, 5.74) is 1.57. The number of aliphatic imine (C=N–C) groups is 1. The fraction of sp³-hybridized carbons (Fsp3) is 0.429. The molecule has 100 valence electrons. The van der Waals surface area contributed by atoms with Gasteiger partial charge in [-0.25, -0.2) is 0 Å². The number of carbonyl (C=O) groups excluding carboxylic acids is 1. The van der Waals surface area contributed by atoms with Crippen molar-refractivity contribution in [3.05, 3.63) is 23.8 Å². The monoisotopic (exact) mass is 276 g/mol. The van der Waals surface area contributed by atoms with Gasteiger partial charge in [0.15, 0.2) is 5.17 Å². The Kier molecular flexibility index (Phi) is 2.91. The molecule has 0 fully saturated rings. The number of aryl methyl sites for hydroxylation is 1. The first kappa shape index (κ1) is 12.7. The number of thioether (sulfide) groups is 1. The van der Waals surface area contributed by atoms with Crippen molar-refractivity contribution in [2.45, 2.75) is 25.2 Å². The highest BCUT2D eigenvalue weighted by atomic mass is 32.2. The molecule has 2 heterocycles. The van der Waals surface area contributed by atoms with Gasteiger partial charge < -0.3 is 10.0 Å². The summed E-state index contributed by atoms with van der Waals surface area (Å²) in [7, 11) is 0. The number of benzene rings is 1. The normalized spacial score (nSPS) is 25.1. The van der Waals surface area contributed by atoms with Crippen molar-refractivity contribution in [1.82, 2.24) is 0 Å². The second-order valence-electron chi connectivity index (χ2n) is 5.26.